The van der Waals surface area contributed by atoms with E-state index in [4.69, 9.17) is 0 Å². The van der Waals surface area contributed by atoms with Gasteiger partial charge in [-0.3, -0.25) is 9.59 Å². The fourth-order valence-electron chi connectivity index (χ4n) is 2.98. The molecule has 0 radical (unpaired) electrons. The summed E-state index contributed by atoms with van der Waals surface area (Å²) >= 11 is 0. The van der Waals surface area contributed by atoms with E-state index in [1.54, 1.807) is 4.90 Å². The van der Waals surface area contributed by atoms with Crippen LogP contribution in [-0.4, -0.2) is 29.8 Å². The van der Waals surface area contributed by atoms with Crippen molar-refractivity contribution in [2.75, 3.05) is 13.1 Å². The minimum Gasteiger partial charge on any atom is -0.352 e. The van der Waals surface area contributed by atoms with Crippen LogP contribution in [0.4, 0.5) is 0 Å². The van der Waals surface area contributed by atoms with Crippen LogP contribution >= 0.6 is 0 Å². The zero-order chi connectivity index (χ0) is 15.4. The van der Waals surface area contributed by atoms with Gasteiger partial charge in [-0.2, -0.15) is 0 Å². The van der Waals surface area contributed by atoms with Gasteiger partial charge >= 0.3 is 0 Å². The van der Waals surface area contributed by atoms with Gasteiger partial charge in [-0.25, -0.2) is 0 Å². The number of carbonyl (C=O) groups is 2. The third-order valence-electron chi connectivity index (χ3n) is 4.31. The minimum atomic E-state index is -0.493. The molecule has 0 aliphatic carbocycles. The lowest BCUT2D eigenvalue weighted by molar-refractivity contribution is -0.146. The fraction of sp³-hybridized carbons (Fsp3) is 0.529. The fourth-order valence-corrected chi connectivity index (χ4v) is 2.98. The molecule has 1 atom stereocenters. The molecule has 4 heteroatoms. The van der Waals surface area contributed by atoms with Crippen molar-refractivity contribution >= 4 is 11.8 Å². The average molecular weight is 288 g/mol. The van der Waals surface area contributed by atoms with E-state index in [1.165, 1.54) is 0 Å². The van der Waals surface area contributed by atoms with Gasteiger partial charge in [0.05, 0.1) is 0 Å². The predicted octanol–water partition coefficient (Wildman–Crippen LogP) is 2.43. The summed E-state index contributed by atoms with van der Waals surface area (Å²) in [6.07, 6.45) is 1.63. The number of amides is 2. The zero-order valence-electron chi connectivity index (χ0n) is 13.1. The molecule has 1 aromatic carbocycles. The summed E-state index contributed by atoms with van der Waals surface area (Å²) in [7, 11) is 0. The van der Waals surface area contributed by atoms with Crippen molar-refractivity contribution in [3.05, 3.63) is 35.4 Å². The molecule has 0 aromatic heterocycles. The first-order valence-electron chi connectivity index (χ1n) is 7.73. The van der Waals surface area contributed by atoms with Crippen molar-refractivity contribution in [2.24, 2.45) is 5.92 Å². The minimum absolute atomic E-state index is 0.00224. The molecule has 114 valence electrons. The van der Waals surface area contributed by atoms with Crippen molar-refractivity contribution in [1.82, 2.24) is 10.2 Å². The molecule has 1 unspecified atom stereocenters. The summed E-state index contributed by atoms with van der Waals surface area (Å²) in [5, 5.41) is 2.88. The number of hydrogen-bond acceptors (Lipinski definition) is 2. The van der Waals surface area contributed by atoms with Crippen molar-refractivity contribution < 1.29 is 9.59 Å². The van der Waals surface area contributed by atoms with Crippen LogP contribution in [0, 0.1) is 12.8 Å². The SMILES string of the molecule is CCC(CC)C(=O)N1CCNC(=O)C1c1ccccc1C. The molecule has 1 aliphatic heterocycles. The van der Waals surface area contributed by atoms with Gasteiger partial charge in [-0.05, 0) is 30.9 Å². The topological polar surface area (TPSA) is 49.4 Å². The van der Waals surface area contributed by atoms with Crippen LogP contribution in [0.5, 0.6) is 0 Å². The first-order valence-corrected chi connectivity index (χ1v) is 7.73. The Morgan fingerprint density at radius 3 is 2.62 bits per heavy atom. The number of piperazine rings is 1. The second-order valence-electron chi connectivity index (χ2n) is 5.60. The maximum absolute atomic E-state index is 12.7. The normalized spacial score (nSPS) is 18.8. The Hall–Kier alpha value is -1.84. The Labute approximate surface area is 126 Å². The number of benzene rings is 1. The highest BCUT2D eigenvalue weighted by atomic mass is 16.2. The molecule has 1 N–H and O–H groups in total. The van der Waals surface area contributed by atoms with E-state index in [0.717, 1.165) is 24.0 Å². The number of carbonyl (C=O) groups excluding carboxylic acids is 2. The van der Waals surface area contributed by atoms with Gasteiger partial charge < -0.3 is 10.2 Å². The van der Waals surface area contributed by atoms with Crippen LogP contribution in [0.1, 0.15) is 43.9 Å². The largest absolute Gasteiger partial charge is 0.352 e. The monoisotopic (exact) mass is 288 g/mol. The quantitative estimate of drug-likeness (QED) is 0.925. The summed E-state index contributed by atoms with van der Waals surface area (Å²) in [5.74, 6) is 0.0281. The molecule has 4 nitrogen and oxygen atoms in total. The van der Waals surface area contributed by atoms with E-state index >= 15 is 0 Å². The van der Waals surface area contributed by atoms with E-state index in [9.17, 15) is 9.59 Å². The second kappa shape index (κ2) is 6.74. The number of hydrogen-bond donors (Lipinski definition) is 1. The molecular formula is C17H24N2O2. The lowest BCUT2D eigenvalue weighted by atomic mass is 9.94. The van der Waals surface area contributed by atoms with Crippen LogP contribution in [0.15, 0.2) is 24.3 Å². The van der Waals surface area contributed by atoms with E-state index in [2.05, 4.69) is 5.32 Å². The van der Waals surface area contributed by atoms with Gasteiger partial charge in [0.25, 0.3) is 0 Å². The number of rotatable bonds is 4. The van der Waals surface area contributed by atoms with Crippen LogP contribution in [0.3, 0.4) is 0 Å². The maximum atomic E-state index is 12.7. The Kier molecular flexibility index (Phi) is 4.99. The van der Waals surface area contributed by atoms with Crippen LogP contribution in [0.25, 0.3) is 0 Å². The Morgan fingerprint density at radius 1 is 1.33 bits per heavy atom. The lowest BCUT2D eigenvalue weighted by Crippen LogP contribution is -2.53. The van der Waals surface area contributed by atoms with Gasteiger partial charge in [-0.1, -0.05) is 38.1 Å². The Balaban J connectivity index is 2.36. The predicted molar refractivity (Wildman–Crippen MR) is 82.7 cm³/mol. The molecule has 0 saturated carbocycles. The molecule has 1 heterocycles. The van der Waals surface area contributed by atoms with Gasteiger partial charge in [0.2, 0.25) is 11.8 Å². The summed E-state index contributed by atoms with van der Waals surface area (Å²) < 4.78 is 0. The summed E-state index contributed by atoms with van der Waals surface area (Å²) in [5.41, 5.74) is 1.97. The molecule has 1 aliphatic rings. The third-order valence-corrected chi connectivity index (χ3v) is 4.31. The molecule has 1 aromatic rings. The lowest BCUT2D eigenvalue weighted by Gasteiger charge is -2.37. The maximum Gasteiger partial charge on any atom is 0.247 e. The van der Waals surface area contributed by atoms with Crippen molar-refractivity contribution in [2.45, 2.75) is 39.7 Å². The summed E-state index contributed by atoms with van der Waals surface area (Å²) in [6.45, 7) is 7.15. The number of aryl methyl sites for hydroxylation is 1. The van der Waals surface area contributed by atoms with Gasteiger partial charge in [-0.15, -0.1) is 0 Å². The molecular weight excluding hydrogens is 264 g/mol. The van der Waals surface area contributed by atoms with E-state index in [-0.39, 0.29) is 17.7 Å². The Morgan fingerprint density at radius 2 is 2.00 bits per heavy atom. The summed E-state index contributed by atoms with van der Waals surface area (Å²) in [4.78, 5) is 26.9. The molecule has 2 amide bonds. The van der Waals surface area contributed by atoms with Gasteiger partial charge in [0.15, 0.2) is 0 Å². The van der Waals surface area contributed by atoms with Gasteiger partial charge in [0.1, 0.15) is 6.04 Å². The molecule has 1 fully saturated rings. The summed E-state index contributed by atoms with van der Waals surface area (Å²) in [6, 6.07) is 7.30. The first-order chi connectivity index (χ1) is 10.1. The smallest absolute Gasteiger partial charge is 0.247 e. The second-order valence-corrected chi connectivity index (χ2v) is 5.60. The zero-order valence-corrected chi connectivity index (χ0v) is 13.1. The third kappa shape index (κ3) is 3.09. The molecule has 0 spiro atoms. The van der Waals surface area contributed by atoms with Crippen molar-refractivity contribution in [1.29, 1.82) is 0 Å². The van der Waals surface area contributed by atoms with E-state index < -0.39 is 6.04 Å². The first kappa shape index (κ1) is 15.5. The average Bonchev–Trinajstić information content (AvgIpc) is 2.49. The molecule has 0 bridgehead atoms. The van der Waals surface area contributed by atoms with Crippen LogP contribution in [-0.2, 0) is 9.59 Å². The highest BCUT2D eigenvalue weighted by Crippen LogP contribution is 2.28. The van der Waals surface area contributed by atoms with Crippen molar-refractivity contribution in [3.63, 3.8) is 0 Å². The number of nitrogens with zero attached hydrogens (tertiary/aromatic N) is 1. The molecule has 21 heavy (non-hydrogen) atoms. The highest BCUT2D eigenvalue weighted by Gasteiger charge is 2.36. The van der Waals surface area contributed by atoms with E-state index in [1.807, 2.05) is 45.0 Å². The Bertz CT molecular complexity index is 523. The standard InChI is InChI=1S/C17H24N2O2/c1-4-13(5-2)17(21)19-11-10-18-16(20)15(19)14-9-7-6-8-12(14)3/h6-9,13,15H,4-5,10-11H2,1-3H3,(H,18,20). The van der Waals surface area contributed by atoms with Crippen LogP contribution < -0.4 is 5.32 Å². The molecule has 1 saturated heterocycles. The highest BCUT2D eigenvalue weighted by molar-refractivity contribution is 5.90. The van der Waals surface area contributed by atoms with Crippen LogP contribution in [0.2, 0.25) is 0 Å². The molecule has 2 rings (SSSR count). The van der Waals surface area contributed by atoms with Gasteiger partial charge in [0, 0.05) is 19.0 Å². The van der Waals surface area contributed by atoms with Crippen molar-refractivity contribution in [3.8, 4) is 0 Å². The van der Waals surface area contributed by atoms with E-state index in [0.29, 0.717) is 13.1 Å². The number of nitrogens with one attached hydrogen (secondary N) is 1.